The molecule has 1 amide bonds. The lowest BCUT2D eigenvalue weighted by Gasteiger charge is -2.11. The van der Waals surface area contributed by atoms with Crippen LogP contribution < -0.4 is 11.0 Å². The van der Waals surface area contributed by atoms with E-state index in [4.69, 9.17) is 11.6 Å². The Morgan fingerprint density at radius 2 is 1.78 bits per heavy atom. The second-order valence-electron chi connectivity index (χ2n) is 8.53. The molecule has 3 aromatic carbocycles. The minimum atomic E-state index is -0.494. The molecule has 2 heterocycles. The number of nitrogens with one attached hydrogen (secondary N) is 1. The monoisotopic (exact) mass is 495 g/mol. The zero-order valence-electron chi connectivity index (χ0n) is 19.7. The van der Waals surface area contributed by atoms with Gasteiger partial charge >= 0.3 is 0 Å². The zero-order valence-corrected chi connectivity index (χ0v) is 20.5. The molecule has 0 aliphatic carbocycles. The SMILES string of the molecule is Cc1ccc(-c2nn(CC(=O)N/N=C/c3cc4cccc(C)c4nc3Cl)c(=O)c3ccccc23)cc1. The second-order valence-corrected chi connectivity index (χ2v) is 8.89. The molecule has 5 rings (SSSR count). The fourth-order valence-electron chi connectivity index (χ4n) is 4.04. The van der Waals surface area contributed by atoms with Gasteiger partial charge in [-0.1, -0.05) is 77.8 Å². The molecule has 2 aromatic heterocycles. The molecule has 5 aromatic rings. The molecule has 0 spiro atoms. The number of pyridine rings is 1. The van der Waals surface area contributed by atoms with Crippen molar-refractivity contribution in [2.24, 2.45) is 5.10 Å². The summed E-state index contributed by atoms with van der Waals surface area (Å²) in [6, 6.07) is 22.8. The highest BCUT2D eigenvalue weighted by Gasteiger charge is 2.14. The number of aromatic nitrogens is 3. The summed E-state index contributed by atoms with van der Waals surface area (Å²) in [4.78, 5) is 30.1. The number of carbonyl (C=O) groups is 1. The molecule has 0 unspecified atom stereocenters. The van der Waals surface area contributed by atoms with Crippen LogP contribution in [-0.4, -0.2) is 26.9 Å². The van der Waals surface area contributed by atoms with E-state index >= 15 is 0 Å². The largest absolute Gasteiger partial charge is 0.275 e. The Morgan fingerprint density at radius 3 is 2.56 bits per heavy atom. The Labute approximate surface area is 212 Å². The average Bonchev–Trinajstić information content (AvgIpc) is 2.87. The van der Waals surface area contributed by atoms with Crippen molar-refractivity contribution in [1.82, 2.24) is 20.2 Å². The summed E-state index contributed by atoms with van der Waals surface area (Å²) >= 11 is 6.31. The van der Waals surface area contributed by atoms with Gasteiger partial charge in [0.2, 0.25) is 0 Å². The third kappa shape index (κ3) is 4.61. The van der Waals surface area contributed by atoms with Crippen LogP contribution in [0.2, 0.25) is 5.15 Å². The van der Waals surface area contributed by atoms with E-state index in [2.05, 4.69) is 20.6 Å². The summed E-state index contributed by atoms with van der Waals surface area (Å²) in [5.74, 6) is -0.494. The number of benzene rings is 3. The number of carbonyl (C=O) groups excluding carboxylic acids is 1. The van der Waals surface area contributed by atoms with Crippen molar-refractivity contribution in [2.45, 2.75) is 20.4 Å². The second kappa shape index (κ2) is 9.71. The molecular formula is C28H22ClN5O2. The number of nitrogens with zero attached hydrogens (tertiary/aromatic N) is 4. The Kier molecular flexibility index (Phi) is 6.31. The Hall–Kier alpha value is -4.36. The molecule has 8 heteroatoms. The zero-order chi connectivity index (χ0) is 25.2. The summed E-state index contributed by atoms with van der Waals surface area (Å²) in [6.45, 7) is 3.68. The smallest absolute Gasteiger partial charge is 0.271 e. The fourth-order valence-corrected chi connectivity index (χ4v) is 4.23. The lowest BCUT2D eigenvalue weighted by atomic mass is 10.0. The van der Waals surface area contributed by atoms with Gasteiger partial charge < -0.3 is 0 Å². The molecular weight excluding hydrogens is 474 g/mol. The van der Waals surface area contributed by atoms with Gasteiger partial charge in [0.25, 0.3) is 11.5 Å². The maximum Gasteiger partial charge on any atom is 0.275 e. The summed E-state index contributed by atoms with van der Waals surface area (Å²) in [5, 5.41) is 11.0. The number of hydrogen-bond donors (Lipinski definition) is 1. The molecule has 0 saturated carbocycles. The van der Waals surface area contributed by atoms with Crippen LogP contribution in [0.4, 0.5) is 0 Å². The molecule has 0 radical (unpaired) electrons. The van der Waals surface area contributed by atoms with Crippen molar-refractivity contribution in [1.29, 1.82) is 0 Å². The minimum absolute atomic E-state index is 0.282. The predicted molar refractivity (Wildman–Crippen MR) is 143 cm³/mol. The van der Waals surface area contributed by atoms with Crippen molar-refractivity contribution in [3.8, 4) is 11.3 Å². The van der Waals surface area contributed by atoms with Gasteiger partial charge in [-0.3, -0.25) is 9.59 Å². The molecule has 0 bridgehead atoms. The van der Waals surface area contributed by atoms with E-state index in [9.17, 15) is 9.59 Å². The van der Waals surface area contributed by atoms with Crippen molar-refractivity contribution in [3.63, 3.8) is 0 Å². The Balaban J connectivity index is 1.41. The maximum absolute atomic E-state index is 13.0. The van der Waals surface area contributed by atoms with Gasteiger partial charge in [0.15, 0.2) is 0 Å². The van der Waals surface area contributed by atoms with Crippen LogP contribution in [0.5, 0.6) is 0 Å². The van der Waals surface area contributed by atoms with Crippen molar-refractivity contribution in [2.75, 3.05) is 0 Å². The number of rotatable bonds is 5. The highest BCUT2D eigenvalue weighted by molar-refractivity contribution is 6.32. The minimum Gasteiger partial charge on any atom is -0.271 e. The van der Waals surface area contributed by atoms with Crippen LogP contribution in [0.1, 0.15) is 16.7 Å². The van der Waals surface area contributed by atoms with Crippen LogP contribution in [0.25, 0.3) is 32.9 Å². The fraction of sp³-hybridized carbons (Fsp3) is 0.107. The molecule has 178 valence electrons. The normalized spacial score (nSPS) is 11.4. The molecule has 0 aliphatic rings. The van der Waals surface area contributed by atoms with Gasteiger partial charge in [0, 0.05) is 21.9 Å². The van der Waals surface area contributed by atoms with E-state index < -0.39 is 5.91 Å². The number of para-hydroxylation sites is 1. The van der Waals surface area contributed by atoms with E-state index in [-0.39, 0.29) is 17.3 Å². The lowest BCUT2D eigenvalue weighted by Crippen LogP contribution is -2.32. The van der Waals surface area contributed by atoms with E-state index in [0.29, 0.717) is 16.6 Å². The van der Waals surface area contributed by atoms with Crippen molar-refractivity contribution >= 4 is 45.4 Å². The van der Waals surface area contributed by atoms with E-state index in [1.807, 2.05) is 74.5 Å². The van der Waals surface area contributed by atoms with Crippen LogP contribution in [0, 0.1) is 13.8 Å². The van der Waals surface area contributed by atoms with Gasteiger partial charge in [-0.05, 0) is 31.5 Å². The first-order valence-electron chi connectivity index (χ1n) is 11.4. The molecule has 1 N–H and O–H groups in total. The summed E-state index contributed by atoms with van der Waals surface area (Å²) in [5.41, 5.74) is 7.11. The van der Waals surface area contributed by atoms with Gasteiger partial charge in [0.05, 0.1) is 22.8 Å². The predicted octanol–water partition coefficient (Wildman–Crippen LogP) is 5.03. The first-order valence-corrected chi connectivity index (χ1v) is 11.7. The van der Waals surface area contributed by atoms with Crippen LogP contribution in [0.3, 0.4) is 0 Å². The lowest BCUT2D eigenvalue weighted by molar-refractivity contribution is -0.121. The van der Waals surface area contributed by atoms with Crippen LogP contribution in [-0.2, 0) is 11.3 Å². The molecule has 0 fully saturated rings. The third-order valence-electron chi connectivity index (χ3n) is 5.91. The number of hydrazone groups is 1. The topological polar surface area (TPSA) is 89.2 Å². The molecule has 36 heavy (non-hydrogen) atoms. The number of fused-ring (bicyclic) bond motifs is 2. The van der Waals surface area contributed by atoms with E-state index in [0.717, 1.165) is 37.7 Å². The molecule has 0 aliphatic heterocycles. The number of aryl methyl sites for hydroxylation is 2. The van der Waals surface area contributed by atoms with Crippen molar-refractivity contribution < 1.29 is 4.79 Å². The first kappa shape index (κ1) is 23.4. The number of amides is 1. The van der Waals surface area contributed by atoms with Gasteiger partial charge in [-0.2, -0.15) is 10.2 Å². The third-order valence-corrected chi connectivity index (χ3v) is 6.21. The van der Waals surface area contributed by atoms with Gasteiger partial charge in [-0.15, -0.1) is 0 Å². The quantitative estimate of drug-likeness (QED) is 0.210. The van der Waals surface area contributed by atoms with Crippen LogP contribution in [0.15, 0.2) is 82.7 Å². The number of hydrogen-bond acceptors (Lipinski definition) is 5. The first-order chi connectivity index (χ1) is 17.4. The molecule has 0 saturated heterocycles. The standard InChI is InChI=1S/C28H22ClN5O2/c1-17-10-12-19(13-11-17)26-22-8-3-4-9-23(22)28(36)34(33-26)16-24(35)32-30-15-21-14-20-7-5-6-18(2)25(20)31-27(21)29/h3-15H,16H2,1-2H3,(H,32,35)/b30-15+. The van der Waals surface area contributed by atoms with Gasteiger partial charge in [-0.25, -0.2) is 15.1 Å². The molecule has 0 atom stereocenters. The summed E-state index contributed by atoms with van der Waals surface area (Å²) < 4.78 is 1.16. The van der Waals surface area contributed by atoms with Crippen molar-refractivity contribution in [3.05, 3.63) is 105 Å². The summed E-state index contributed by atoms with van der Waals surface area (Å²) in [6.07, 6.45) is 1.43. The van der Waals surface area contributed by atoms with E-state index in [1.54, 1.807) is 12.1 Å². The number of halogens is 1. The highest BCUT2D eigenvalue weighted by Crippen LogP contribution is 2.25. The maximum atomic E-state index is 13.0. The Morgan fingerprint density at radius 1 is 1.03 bits per heavy atom. The van der Waals surface area contributed by atoms with Crippen LogP contribution >= 0.6 is 11.6 Å². The highest BCUT2D eigenvalue weighted by atomic mass is 35.5. The molecule has 7 nitrogen and oxygen atoms in total. The summed E-state index contributed by atoms with van der Waals surface area (Å²) in [7, 11) is 0. The van der Waals surface area contributed by atoms with E-state index in [1.165, 1.54) is 6.21 Å². The van der Waals surface area contributed by atoms with Gasteiger partial charge in [0.1, 0.15) is 11.7 Å². The Bertz CT molecular complexity index is 1710. The average molecular weight is 496 g/mol.